The Kier molecular flexibility index (Phi) is 11.9. The molecule has 0 spiro atoms. The van der Waals surface area contributed by atoms with Gasteiger partial charge in [-0.1, -0.05) is 78.9 Å². The van der Waals surface area contributed by atoms with Gasteiger partial charge in [0.1, 0.15) is 11.6 Å². The fourth-order valence-electron chi connectivity index (χ4n) is 4.92. The fraction of sp³-hybridized carbons (Fsp3) is 0.139. The van der Waals surface area contributed by atoms with Crippen molar-refractivity contribution in [2.24, 2.45) is 0 Å². The molecule has 0 aliphatic heterocycles. The Morgan fingerprint density at radius 2 is 1.17 bits per heavy atom. The van der Waals surface area contributed by atoms with E-state index in [0.717, 1.165) is 10.6 Å². The van der Waals surface area contributed by atoms with Gasteiger partial charge in [0.25, 0.3) is 0 Å². The zero-order valence-electron chi connectivity index (χ0n) is 23.9. The van der Waals surface area contributed by atoms with Crippen molar-refractivity contribution < 1.29 is 27.8 Å². The summed E-state index contributed by atoms with van der Waals surface area (Å²) in [6, 6.07) is 42.8. The molecule has 42 heavy (non-hydrogen) atoms. The fourth-order valence-corrected chi connectivity index (χ4v) is 15.7. The van der Waals surface area contributed by atoms with Crippen molar-refractivity contribution in [1.82, 2.24) is 0 Å². The molecule has 6 heteroatoms. The van der Waals surface area contributed by atoms with E-state index in [4.69, 9.17) is 0 Å². The van der Waals surface area contributed by atoms with Crippen LogP contribution in [0.5, 0.6) is 0 Å². The zero-order chi connectivity index (χ0) is 29.8. The summed E-state index contributed by atoms with van der Waals surface area (Å²) in [4.78, 5) is 23.7. The van der Waals surface area contributed by atoms with Crippen LogP contribution >= 0.6 is 14.8 Å². The van der Waals surface area contributed by atoms with Crippen LogP contribution in [0.3, 0.4) is 0 Å². The summed E-state index contributed by atoms with van der Waals surface area (Å²) in [5.74, 6) is 2.01. The molecule has 5 rings (SSSR count). The monoisotopic (exact) mass is 782 g/mol. The average molecular weight is 782 g/mol. The maximum Gasteiger partial charge on any atom is 0.128 e. The molecule has 1 aliphatic rings. The molecule has 0 heterocycles. The van der Waals surface area contributed by atoms with Crippen LogP contribution < -0.4 is 21.2 Å². The van der Waals surface area contributed by atoms with E-state index < -0.39 is 13.1 Å². The Hall–Kier alpha value is -2.88. The third-order valence-corrected chi connectivity index (χ3v) is 17.0. The number of hydrogen-bond donors (Lipinski definition) is 0. The molecule has 0 saturated heterocycles. The van der Waals surface area contributed by atoms with E-state index in [9.17, 15) is 9.59 Å². The first-order valence-corrected chi connectivity index (χ1v) is 23.9. The van der Waals surface area contributed by atoms with Crippen molar-refractivity contribution in [3.8, 4) is 0 Å². The van der Waals surface area contributed by atoms with Gasteiger partial charge in [-0.25, -0.2) is 9.59 Å². The van der Waals surface area contributed by atoms with Crippen molar-refractivity contribution in [3.63, 3.8) is 0 Å². The number of allylic oxidation sites excluding steroid dienone is 5. The molecule has 0 amide bonds. The van der Waals surface area contributed by atoms with Crippen molar-refractivity contribution in [3.05, 3.63) is 151 Å². The van der Waals surface area contributed by atoms with Crippen LogP contribution in [0.1, 0.15) is 0 Å². The minimum atomic E-state index is -2.57. The molecule has 2 nitrogen and oxygen atoms in total. The van der Waals surface area contributed by atoms with E-state index in [-0.39, 0.29) is 13.6 Å². The van der Waals surface area contributed by atoms with Crippen LogP contribution in [0.4, 0.5) is 0 Å². The molecular formula is C36H35IrO2P2Si. The zero-order valence-corrected chi connectivity index (χ0v) is 29.1. The normalized spacial score (nSPS) is 14.5. The van der Waals surface area contributed by atoms with E-state index in [1.165, 1.54) is 22.8 Å². The maximum atomic E-state index is 12.3. The smallest absolute Gasteiger partial charge is 0.128 e. The second-order valence-corrected chi connectivity index (χ2v) is 29.6. The topological polar surface area (TPSA) is 34.1 Å². The van der Waals surface area contributed by atoms with Crippen LogP contribution in [-0.2, 0) is 27.8 Å². The first kappa shape index (κ1) is 32.0. The van der Waals surface area contributed by atoms with Gasteiger partial charge in [0.2, 0.25) is 0 Å². The molecule has 4 aromatic carbocycles. The number of carbonyl (C=O) groups excluding carboxylic acids is 2. The van der Waals surface area contributed by atoms with E-state index >= 15 is 0 Å². The summed E-state index contributed by atoms with van der Waals surface area (Å²) in [7, 11) is -0.180. The quantitative estimate of drug-likeness (QED) is 0.112. The minimum absolute atomic E-state index is 0.180. The molecule has 0 fully saturated rings. The van der Waals surface area contributed by atoms with Gasteiger partial charge in [0.15, 0.2) is 0 Å². The Balaban J connectivity index is 0.000000197. The van der Waals surface area contributed by atoms with Crippen LogP contribution in [0.25, 0.3) is 0 Å². The van der Waals surface area contributed by atoms with Gasteiger partial charge in [0.05, 0.1) is 5.66 Å². The van der Waals surface area contributed by atoms with Crippen LogP contribution in [0, 0.1) is 0 Å². The van der Waals surface area contributed by atoms with Gasteiger partial charge >= 0.3 is 129 Å². The van der Waals surface area contributed by atoms with Crippen molar-refractivity contribution in [2.45, 2.75) is 24.8 Å². The van der Waals surface area contributed by atoms with E-state index in [0.29, 0.717) is 5.57 Å². The Labute approximate surface area is 262 Å². The van der Waals surface area contributed by atoms with Gasteiger partial charge < -0.3 is 0 Å². The van der Waals surface area contributed by atoms with Crippen LogP contribution in [-0.4, -0.2) is 29.6 Å². The SMILES string of the molecule is C[Si](C)([Ir])CCP(c1ccccc1)c1ccccc1.O=C=C1C=CC=CC1P(=C=O)(c1ccccc1)c1ccccc1. The predicted octanol–water partition coefficient (Wildman–Crippen LogP) is 6.85. The first-order chi connectivity index (χ1) is 20.4. The molecule has 0 aromatic heterocycles. The summed E-state index contributed by atoms with van der Waals surface area (Å²) < 4.78 is 0. The van der Waals surface area contributed by atoms with Gasteiger partial charge in [-0.15, -0.1) is 0 Å². The number of hydrogen-bond acceptors (Lipinski definition) is 2. The number of rotatable bonds is 8. The molecule has 214 valence electrons. The molecular weight excluding hydrogens is 747 g/mol. The second-order valence-electron chi connectivity index (χ2n) is 10.5. The molecule has 1 atom stereocenters. The molecule has 1 unspecified atom stereocenters. The third kappa shape index (κ3) is 8.14. The molecule has 0 radical (unpaired) electrons. The standard InChI is InChI=1S/C20H15O2P.C16H20PSi.Ir/c21-15-17-9-7-8-14-20(17)23(16-22,18-10-3-1-4-11-18)19-12-5-2-6-13-19;1-18(2)14-13-17(15-9-5-3-6-10-15)16-11-7-4-8-12-16;/h1-14,20H;3-12H,13-14H2,1-2H3;. The van der Waals surface area contributed by atoms with Gasteiger partial charge in [-0.3, -0.25) is 0 Å². The minimum Gasteiger partial charge on any atom is -0.234 e. The van der Waals surface area contributed by atoms with Gasteiger partial charge in [0, 0.05) is 12.5 Å². The Morgan fingerprint density at radius 3 is 1.57 bits per heavy atom. The largest absolute Gasteiger partial charge is 0.234 e. The molecule has 1 aliphatic carbocycles. The van der Waals surface area contributed by atoms with Gasteiger partial charge in [-0.2, -0.15) is 0 Å². The van der Waals surface area contributed by atoms with Crippen LogP contribution in [0.2, 0.25) is 19.1 Å². The maximum absolute atomic E-state index is 12.3. The number of benzene rings is 4. The van der Waals surface area contributed by atoms with Crippen LogP contribution in [0.15, 0.2) is 151 Å². The van der Waals surface area contributed by atoms with Crippen molar-refractivity contribution in [2.75, 3.05) is 6.16 Å². The van der Waals surface area contributed by atoms with E-state index in [1.807, 2.05) is 78.8 Å². The Bertz CT molecular complexity index is 1540. The molecule has 0 saturated carbocycles. The first-order valence-electron chi connectivity index (χ1n) is 13.9. The summed E-state index contributed by atoms with van der Waals surface area (Å²) in [5.41, 5.74) is 2.53. The molecule has 0 bridgehead atoms. The third-order valence-electron chi connectivity index (χ3n) is 7.06. The van der Waals surface area contributed by atoms with E-state index in [1.54, 1.807) is 12.2 Å². The predicted molar refractivity (Wildman–Crippen MR) is 182 cm³/mol. The summed E-state index contributed by atoms with van der Waals surface area (Å²) in [5, 5.41) is 4.86. The molecule has 4 aromatic rings. The Morgan fingerprint density at radius 1 is 0.714 bits per heavy atom. The van der Waals surface area contributed by atoms with Gasteiger partial charge in [-0.05, 0) is 16.7 Å². The molecule has 0 N–H and O–H groups in total. The summed E-state index contributed by atoms with van der Waals surface area (Å²) in [6.45, 7) is 2.36. The van der Waals surface area contributed by atoms with Crippen molar-refractivity contribution >= 4 is 53.8 Å². The van der Waals surface area contributed by atoms with E-state index in [2.05, 4.69) is 97.6 Å². The average Bonchev–Trinajstić information content (AvgIpc) is 3.04. The summed E-state index contributed by atoms with van der Waals surface area (Å²) in [6.07, 6.45) is 7.69. The summed E-state index contributed by atoms with van der Waals surface area (Å²) >= 11 is 2.47. The second kappa shape index (κ2) is 15.5. The van der Waals surface area contributed by atoms with Crippen molar-refractivity contribution in [1.29, 1.82) is 0 Å².